The molecule has 1 atom stereocenters. The number of piperazine rings is 2. The zero-order valence-corrected chi connectivity index (χ0v) is 11.9. The van der Waals surface area contributed by atoms with Gasteiger partial charge in [-0.1, -0.05) is 6.92 Å². The first-order chi connectivity index (χ1) is 9.11. The van der Waals surface area contributed by atoms with Gasteiger partial charge in [0.1, 0.15) is 0 Å². The highest BCUT2D eigenvalue weighted by atomic mass is 16.2. The number of amides is 2. The molecule has 2 heterocycles. The molecule has 108 valence electrons. The Morgan fingerprint density at radius 1 is 1.26 bits per heavy atom. The second-order valence-corrected chi connectivity index (χ2v) is 5.26. The van der Waals surface area contributed by atoms with E-state index >= 15 is 0 Å². The summed E-state index contributed by atoms with van der Waals surface area (Å²) in [6.07, 6.45) is 0. The van der Waals surface area contributed by atoms with Crippen LogP contribution in [0.3, 0.4) is 0 Å². The third-order valence-electron chi connectivity index (χ3n) is 4.10. The lowest BCUT2D eigenvalue weighted by Gasteiger charge is -2.38. The maximum Gasteiger partial charge on any atom is 0.239 e. The molecule has 0 aromatic heterocycles. The summed E-state index contributed by atoms with van der Waals surface area (Å²) in [5.74, 6) is 0.173. The molecule has 2 aliphatic rings. The van der Waals surface area contributed by atoms with Crippen LogP contribution in [0.2, 0.25) is 0 Å². The average Bonchev–Trinajstić information content (AvgIpc) is 2.46. The summed E-state index contributed by atoms with van der Waals surface area (Å²) in [6.45, 7) is 10.3. The Balaban J connectivity index is 1.86. The Labute approximate surface area is 114 Å². The topological polar surface area (TPSA) is 55.9 Å². The van der Waals surface area contributed by atoms with Crippen LogP contribution in [0.1, 0.15) is 13.8 Å². The average molecular weight is 268 g/mol. The number of carbonyl (C=O) groups is 2. The van der Waals surface area contributed by atoms with Gasteiger partial charge in [-0.2, -0.15) is 0 Å². The molecule has 2 aliphatic heterocycles. The van der Waals surface area contributed by atoms with Gasteiger partial charge in [-0.05, 0) is 13.5 Å². The molecule has 2 amide bonds. The molecule has 19 heavy (non-hydrogen) atoms. The molecule has 6 heteroatoms. The van der Waals surface area contributed by atoms with Gasteiger partial charge in [-0.25, -0.2) is 0 Å². The van der Waals surface area contributed by atoms with Crippen molar-refractivity contribution in [1.29, 1.82) is 0 Å². The van der Waals surface area contributed by atoms with E-state index < -0.39 is 0 Å². The molecule has 0 saturated carbocycles. The fraction of sp³-hybridized carbons (Fsp3) is 0.846. The van der Waals surface area contributed by atoms with Crippen molar-refractivity contribution in [3.05, 3.63) is 0 Å². The predicted octanol–water partition coefficient (Wildman–Crippen LogP) is -1.03. The van der Waals surface area contributed by atoms with Crippen LogP contribution in [0, 0.1) is 0 Å². The highest BCUT2D eigenvalue weighted by Crippen LogP contribution is 2.09. The normalized spacial score (nSPS) is 24.1. The van der Waals surface area contributed by atoms with E-state index in [2.05, 4.69) is 17.1 Å². The van der Waals surface area contributed by atoms with Gasteiger partial charge in [-0.15, -0.1) is 0 Å². The summed E-state index contributed by atoms with van der Waals surface area (Å²) in [4.78, 5) is 30.1. The lowest BCUT2D eigenvalue weighted by atomic mass is 10.2. The van der Waals surface area contributed by atoms with Gasteiger partial charge in [0.2, 0.25) is 11.8 Å². The molecule has 0 radical (unpaired) electrons. The molecule has 0 aromatic carbocycles. The number of likely N-dealkylation sites (N-methyl/N-ethyl adjacent to an activating group) is 1. The SMILES string of the molecule is CCN1CCN(C(=O)C(C)N2CCNC(=O)C2)CC1. The first-order valence-corrected chi connectivity index (χ1v) is 7.13. The molecular formula is C13H24N4O2. The Morgan fingerprint density at radius 2 is 1.95 bits per heavy atom. The van der Waals surface area contributed by atoms with Crippen LogP contribution in [-0.4, -0.2) is 84.9 Å². The number of carbonyl (C=O) groups excluding carboxylic acids is 2. The molecule has 1 unspecified atom stereocenters. The van der Waals surface area contributed by atoms with Crippen molar-refractivity contribution < 1.29 is 9.59 Å². The Morgan fingerprint density at radius 3 is 2.53 bits per heavy atom. The molecule has 2 fully saturated rings. The van der Waals surface area contributed by atoms with Gasteiger partial charge in [0, 0.05) is 39.3 Å². The van der Waals surface area contributed by atoms with Crippen molar-refractivity contribution in [2.24, 2.45) is 0 Å². The maximum atomic E-state index is 12.4. The zero-order valence-electron chi connectivity index (χ0n) is 11.9. The van der Waals surface area contributed by atoms with E-state index in [0.29, 0.717) is 13.1 Å². The van der Waals surface area contributed by atoms with E-state index in [1.807, 2.05) is 16.7 Å². The van der Waals surface area contributed by atoms with Gasteiger partial charge < -0.3 is 15.1 Å². The minimum atomic E-state index is -0.195. The number of nitrogens with one attached hydrogen (secondary N) is 1. The van der Waals surface area contributed by atoms with Crippen molar-refractivity contribution in [2.45, 2.75) is 19.9 Å². The first-order valence-electron chi connectivity index (χ1n) is 7.13. The fourth-order valence-corrected chi connectivity index (χ4v) is 2.69. The number of nitrogens with zero attached hydrogens (tertiary/aromatic N) is 3. The fourth-order valence-electron chi connectivity index (χ4n) is 2.69. The zero-order chi connectivity index (χ0) is 13.8. The molecule has 1 N–H and O–H groups in total. The molecule has 6 nitrogen and oxygen atoms in total. The monoisotopic (exact) mass is 268 g/mol. The molecule has 2 saturated heterocycles. The highest BCUT2D eigenvalue weighted by Gasteiger charge is 2.30. The lowest BCUT2D eigenvalue weighted by molar-refractivity contribution is -0.139. The first kappa shape index (κ1) is 14.3. The largest absolute Gasteiger partial charge is 0.354 e. The van der Waals surface area contributed by atoms with E-state index in [-0.39, 0.29) is 17.9 Å². The van der Waals surface area contributed by atoms with Crippen LogP contribution in [-0.2, 0) is 9.59 Å². The number of hydrogen-bond acceptors (Lipinski definition) is 4. The number of rotatable bonds is 3. The summed E-state index contributed by atoms with van der Waals surface area (Å²) in [5.41, 5.74) is 0. The molecule has 0 bridgehead atoms. The van der Waals surface area contributed by atoms with Crippen molar-refractivity contribution in [2.75, 3.05) is 52.4 Å². The second kappa shape index (κ2) is 6.34. The molecule has 0 aromatic rings. The second-order valence-electron chi connectivity index (χ2n) is 5.26. The Bertz CT molecular complexity index is 340. The van der Waals surface area contributed by atoms with Crippen molar-refractivity contribution in [3.63, 3.8) is 0 Å². The molecular weight excluding hydrogens is 244 g/mol. The summed E-state index contributed by atoms with van der Waals surface area (Å²) < 4.78 is 0. The van der Waals surface area contributed by atoms with E-state index in [0.717, 1.165) is 39.3 Å². The van der Waals surface area contributed by atoms with Crippen molar-refractivity contribution in [3.8, 4) is 0 Å². The molecule has 0 spiro atoms. The van der Waals surface area contributed by atoms with Crippen molar-refractivity contribution in [1.82, 2.24) is 20.0 Å². The Kier molecular flexibility index (Phi) is 4.76. The van der Waals surface area contributed by atoms with E-state index in [4.69, 9.17) is 0 Å². The van der Waals surface area contributed by atoms with Gasteiger partial charge >= 0.3 is 0 Å². The van der Waals surface area contributed by atoms with Crippen LogP contribution < -0.4 is 5.32 Å². The third kappa shape index (κ3) is 3.45. The Hall–Kier alpha value is -1.14. The van der Waals surface area contributed by atoms with Gasteiger partial charge in [0.05, 0.1) is 12.6 Å². The summed E-state index contributed by atoms with van der Waals surface area (Å²) in [6, 6.07) is -0.195. The van der Waals surface area contributed by atoms with Crippen LogP contribution in [0.4, 0.5) is 0 Å². The third-order valence-corrected chi connectivity index (χ3v) is 4.10. The number of hydrogen-bond donors (Lipinski definition) is 1. The summed E-state index contributed by atoms with van der Waals surface area (Å²) in [5, 5.41) is 2.79. The van der Waals surface area contributed by atoms with Crippen LogP contribution in [0.25, 0.3) is 0 Å². The highest BCUT2D eigenvalue weighted by molar-refractivity contribution is 5.84. The van der Waals surface area contributed by atoms with E-state index in [1.165, 1.54) is 0 Å². The maximum absolute atomic E-state index is 12.4. The lowest BCUT2D eigenvalue weighted by Crippen LogP contribution is -2.58. The standard InChI is InChI=1S/C13H24N4O2/c1-3-15-6-8-16(9-7-15)13(19)11(2)17-5-4-14-12(18)10-17/h11H,3-10H2,1-2H3,(H,14,18). The summed E-state index contributed by atoms with van der Waals surface area (Å²) in [7, 11) is 0. The van der Waals surface area contributed by atoms with Crippen LogP contribution in [0.5, 0.6) is 0 Å². The predicted molar refractivity (Wildman–Crippen MR) is 72.7 cm³/mol. The van der Waals surface area contributed by atoms with E-state index in [1.54, 1.807) is 0 Å². The van der Waals surface area contributed by atoms with Gasteiger partial charge in [0.25, 0.3) is 0 Å². The van der Waals surface area contributed by atoms with Gasteiger partial charge in [0.15, 0.2) is 0 Å². The minimum absolute atomic E-state index is 0.0155. The van der Waals surface area contributed by atoms with Crippen LogP contribution >= 0.6 is 0 Å². The minimum Gasteiger partial charge on any atom is -0.354 e. The van der Waals surface area contributed by atoms with E-state index in [9.17, 15) is 9.59 Å². The summed E-state index contributed by atoms with van der Waals surface area (Å²) >= 11 is 0. The quantitative estimate of drug-likeness (QED) is 0.711. The van der Waals surface area contributed by atoms with Crippen molar-refractivity contribution >= 4 is 11.8 Å². The van der Waals surface area contributed by atoms with Gasteiger partial charge in [-0.3, -0.25) is 14.5 Å². The molecule has 0 aliphatic carbocycles. The molecule has 2 rings (SSSR count). The smallest absolute Gasteiger partial charge is 0.239 e. The van der Waals surface area contributed by atoms with Crippen LogP contribution in [0.15, 0.2) is 0 Å².